The van der Waals surface area contributed by atoms with Gasteiger partial charge in [0.05, 0.1) is 43.0 Å². The van der Waals surface area contributed by atoms with Crippen molar-refractivity contribution in [1.29, 1.82) is 0 Å². The van der Waals surface area contributed by atoms with Crippen molar-refractivity contribution in [2.24, 2.45) is 22.7 Å². The molecule has 3 amide bonds. The van der Waals surface area contributed by atoms with E-state index in [0.29, 0.717) is 37.3 Å². The van der Waals surface area contributed by atoms with Gasteiger partial charge in [0, 0.05) is 50.6 Å². The van der Waals surface area contributed by atoms with E-state index in [9.17, 15) is 14.4 Å². The van der Waals surface area contributed by atoms with E-state index in [-0.39, 0.29) is 34.5 Å². The van der Waals surface area contributed by atoms with Crippen molar-refractivity contribution >= 4 is 29.1 Å². The molecular weight excluding hydrogens is 542 g/mol. The highest BCUT2D eigenvalue weighted by molar-refractivity contribution is 7.11. The summed E-state index contributed by atoms with van der Waals surface area (Å²) in [6, 6.07) is -0.817. The van der Waals surface area contributed by atoms with Gasteiger partial charge in [0.2, 0.25) is 11.8 Å². The summed E-state index contributed by atoms with van der Waals surface area (Å²) in [7, 11) is 1.59. The van der Waals surface area contributed by atoms with E-state index in [2.05, 4.69) is 20.5 Å². The number of ether oxygens (including phenoxy) is 2. The molecule has 3 atom stereocenters. The second-order valence-corrected chi connectivity index (χ2v) is 14.3. The molecule has 1 aromatic heterocycles. The number of amides is 3. The fraction of sp³-hybridized carbons (Fsp3) is 0.800. The summed E-state index contributed by atoms with van der Waals surface area (Å²) in [6.45, 7) is 6.64. The molecule has 1 spiro atoms. The quantitative estimate of drug-likeness (QED) is 0.432. The second kappa shape index (κ2) is 11.9. The molecule has 2 N–H and O–H groups in total. The van der Waals surface area contributed by atoms with Gasteiger partial charge in [0.15, 0.2) is 0 Å². The van der Waals surface area contributed by atoms with Gasteiger partial charge in [0.1, 0.15) is 10.9 Å². The molecule has 1 unspecified atom stereocenters. The molecule has 226 valence electrons. The molecule has 10 nitrogen and oxygen atoms in total. The van der Waals surface area contributed by atoms with E-state index in [0.717, 1.165) is 51.2 Å². The fourth-order valence-corrected chi connectivity index (χ4v) is 8.61. The summed E-state index contributed by atoms with van der Waals surface area (Å²) in [5, 5.41) is 5.79. The largest absolute Gasteiger partial charge is 0.378 e. The molecule has 2 bridgehead atoms. The molecule has 11 heteroatoms. The summed E-state index contributed by atoms with van der Waals surface area (Å²) < 4.78 is 12.3. The average molecular weight is 588 g/mol. The molecule has 0 aromatic carbocycles. The van der Waals surface area contributed by atoms with Crippen molar-refractivity contribution in [2.75, 3.05) is 53.0 Å². The Morgan fingerprint density at radius 1 is 1.17 bits per heavy atom. The predicted molar refractivity (Wildman–Crippen MR) is 154 cm³/mol. The Bertz CT molecular complexity index is 1080. The average Bonchev–Trinajstić information content (AvgIpc) is 3.76. The third kappa shape index (κ3) is 5.92. The van der Waals surface area contributed by atoms with Crippen LogP contribution in [0.3, 0.4) is 0 Å². The Hall–Kier alpha value is -2.08. The lowest BCUT2D eigenvalue weighted by atomic mass is 9.70. The van der Waals surface area contributed by atoms with Crippen LogP contribution in [-0.2, 0) is 19.1 Å². The number of carbonyl (C=O) groups is 3. The number of fused-ring (bicyclic) bond motifs is 3. The number of nitrogens with one attached hydrogen (secondary N) is 2. The molecule has 0 radical (unpaired) electrons. The lowest BCUT2D eigenvalue weighted by Crippen LogP contribution is -2.64. The topological polar surface area (TPSA) is 113 Å². The summed E-state index contributed by atoms with van der Waals surface area (Å²) in [4.78, 5) is 49.3. The molecule has 6 fully saturated rings. The number of thiazole rings is 1. The van der Waals surface area contributed by atoms with Gasteiger partial charge < -0.3 is 29.9 Å². The first-order chi connectivity index (χ1) is 19.8. The number of rotatable bonds is 10. The molecule has 41 heavy (non-hydrogen) atoms. The molecule has 4 saturated heterocycles. The molecule has 4 aliphatic heterocycles. The van der Waals surface area contributed by atoms with Crippen LogP contribution in [0.5, 0.6) is 0 Å². The van der Waals surface area contributed by atoms with E-state index in [1.54, 1.807) is 18.8 Å². The molecule has 7 rings (SSSR count). The summed E-state index contributed by atoms with van der Waals surface area (Å²) in [5.74, 6) is -0.170. The number of carbonyl (C=O) groups excluding carboxylic acids is 3. The van der Waals surface area contributed by atoms with Crippen molar-refractivity contribution in [2.45, 2.75) is 76.5 Å². The maximum absolute atomic E-state index is 14.0. The highest BCUT2D eigenvalue weighted by Gasteiger charge is 2.58. The van der Waals surface area contributed by atoms with Crippen LogP contribution in [0.2, 0.25) is 0 Å². The monoisotopic (exact) mass is 587 g/mol. The van der Waals surface area contributed by atoms with Gasteiger partial charge in [-0.05, 0) is 51.4 Å². The predicted octanol–water partition coefficient (Wildman–Crippen LogP) is 2.30. The minimum Gasteiger partial charge on any atom is -0.378 e. The van der Waals surface area contributed by atoms with Crippen LogP contribution >= 0.6 is 11.3 Å². The van der Waals surface area contributed by atoms with Crippen molar-refractivity contribution in [3.05, 3.63) is 16.6 Å². The van der Waals surface area contributed by atoms with E-state index >= 15 is 0 Å². The number of likely N-dealkylation sites (tertiary alicyclic amines) is 2. The highest BCUT2D eigenvalue weighted by atomic mass is 32.1. The highest BCUT2D eigenvalue weighted by Crippen LogP contribution is 2.46. The van der Waals surface area contributed by atoms with Gasteiger partial charge in [0.25, 0.3) is 5.91 Å². The first-order valence-corrected chi connectivity index (χ1v) is 16.3. The number of hydrogen-bond acceptors (Lipinski definition) is 8. The zero-order chi connectivity index (χ0) is 28.6. The minimum atomic E-state index is -0.817. The van der Waals surface area contributed by atoms with Gasteiger partial charge in [-0.1, -0.05) is 12.8 Å². The van der Waals surface area contributed by atoms with Crippen LogP contribution in [0.1, 0.15) is 68.0 Å². The molecule has 2 saturated carbocycles. The molecule has 6 aliphatic rings. The SMILES string of the molecule is CNC(=O)[C@@H](NC(=O)[C@@H]1CN(C(=O)c2cncs2)CC12CN(CC1CCCC1)C2)C(C)OCC12CCC(CC1)OC2. The van der Waals surface area contributed by atoms with Crippen molar-refractivity contribution in [3.8, 4) is 0 Å². The maximum Gasteiger partial charge on any atom is 0.265 e. The standard InChI is InChI=1S/C30H45N5O5S/c1-20(39-17-29-9-7-22(8-10-29)40-18-29)25(27(37)31-2)33-26(36)23-13-35(28(38)24-11-32-19-41-24)16-30(23)14-34(15-30)12-21-5-3-4-6-21/h11,19-23,25H,3-10,12-18H2,1-2H3,(H,31,37)(H,33,36)/t20?,22?,23-,25-,29?/m0/s1. The van der Waals surface area contributed by atoms with Gasteiger partial charge in [-0.3, -0.25) is 19.4 Å². The normalized spacial score (nSPS) is 30.7. The molecule has 5 heterocycles. The zero-order valence-electron chi connectivity index (χ0n) is 24.4. The lowest BCUT2D eigenvalue weighted by molar-refractivity contribution is -0.155. The third-order valence-electron chi connectivity index (χ3n) is 10.5. The Kier molecular flexibility index (Phi) is 8.42. The molecule has 1 aromatic rings. The number of hydrogen-bond donors (Lipinski definition) is 2. The first kappa shape index (κ1) is 29.0. The minimum absolute atomic E-state index is 0.00197. The van der Waals surface area contributed by atoms with Crippen LogP contribution in [-0.4, -0.2) is 104 Å². The van der Waals surface area contributed by atoms with E-state index in [1.165, 1.54) is 37.0 Å². The van der Waals surface area contributed by atoms with E-state index < -0.39 is 12.1 Å². The van der Waals surface area contributed by atoms with E-state index in [1.807, 2.05) is 11.8 Å². The first-order valence-electron chi connectivity index (χ1n) is 15.5. The van der Waals surface area contributed by atoms with Crippen LogP contribution in [0.4, 0.5) is 0 Å². The number of nitrogens with zero attached hydrogens (tertiary/aromatic N) is 3. The maximum atomic E-state index is 14.0. The fourth-order valence-electron chi connectivity index (χ4n) is 8.02. The summed E-state index contributed by atoms with van der Waals surface area (Å²) in [6.07, 6.45) is 10.9. The van der Waals surface area contributed by atoms with Crippen LogP contribution in [0.25, 0.3) is 0 Å². The van der Waals surface area contributed by atoms with Gasteiger partial charge in [-0.2, -0.15) is 0 Å². The van der Waals surface area contributed by atoms with Crippen LogP contribution in [0.15, 0.2) is 11.7 Å². The van der Waals surface area contributed by atoms with E-state index in [4.69, 9.17) is 9.47 Å². The smallest absolute Gasteiger partial charge is 0.265 e. The Morgan fingerprint density at radius 2 is 1.93 bits per heavy atom. The third-order valence-corrected chi connectivity index (χ3v) is 11.3. The zero-order valence-corrected chi connectivity index (χ0v) is 25.3. The molecule has 2 aliphatic carbocycles. The van der Waals surface area contributed by atoms with Crippen molar-refractivity contribution in [1.82, 2.24) is 25.4 Å². The second-order valence-electron chi connectivity index (χ2n) is 13.4. The lowest BCUT2D eigenvalue weighted by Gasteiger charge is -2.51. The molecular formula is C30H45N5O5S. The summed E-state index contributed by atoms with van der Waals surface area (Å²) in [5.41, 5.74) is 1.36. The Morgan fingerprint density at radius 3 is 2.56 bits per heavy atom. The Labute approximate surface area is 246 Å². The van der Waals surface area contributed by atoms with Gasteiger partial charge in [-0.25, -0.2) is 0 Å². The van der Waals surface area contributed by atoms with Crippen molar-refractivity contribution in [3.63, 3.8) is 0 Å². The number of aromatic nitrogens is 1. The van der Waals surface area contributed by atoms with Gasteiger partial charge in [-0.15, -0.1) is 11.3 Å². The van der Waals surface area contributed by atoms with Crippen LogP contribution < -0.4 is 10.6 Å². The van der Waals surface area contributed by atoms with Crippen LogP contribution in [0, 0.1) is 22.7 Å². The Balaban J connectivity index is 1.13. The van der Waals surface area contributed by atoms with Gasteiger partial charge >= 0.3 is 0 Å². The van der Waals surface area contributed by atoms with Crippen molar-refractivity contribution < 1.29 is 23.9 Å². The number of likely N-dealkylation sites (N-methyl/N-ethyl adjacent to an activating group) is 1. The summed E-state index contributed by atoms with van der Waals surface area (Å²) >= 11 is 1.33.